The Hall–Kier alpha value is -0.560. The first kappa shape index (κ1) is 13.4. The molecule has 0 atom stereocenters. The average molecular weight is 199 g/mol. The molecule has 0 bridgehead atoms. The third-order valence-electron chi connectivity index (χ3n) is 1.71. The molecule has 0 aromatic carbocycles. The first-order valence-corrected chi connectivity index (χ1v) is 5.08. The Morgan fingerprint density at radius 1 is 1.14 bits per heavy atom. The van der Waals surface area contributed by atoms with Gasteiger partial charge in [0, 0.05) is 13.7 Å². The largest absolute Gasteiger partial charge is 0.382 e. The van der Waals surface area contributed by atoms with Gasteiger partial charge in [0.2, 0.25) is 0 Å². The molecule has 0 aromatic rings. The van der Waals surface area contributed by atoms with E-state index >= 15 is 0 Å². The molecule has 0 unspecified atom stereocenters. The third kappa shape index (κ3) is 11.4. The van der Waals surface area contributed by atoms with Crippen molar-refractivity contribution in [2.24, 2.45) is 0 Å². The minimum absolute atomic E-state index is 0.685. The van der Waals surface area contributed by atoms with Crippen molar-refractivity contribution in [3.8, 4) is 11.8 Å². The Balaban J connectivity index is 2.87. The second-order valence-corrected chi connectivity index (χ2v) is 2.92. The maximum absolute atomic E-state index is 5.32. The topological polar surface area (TPSA) is 30.5 Å². The highest BCUT2D eigenvalue weighted by Crippen LogP contribution is 1.88. The van der Waals surface area contributed by atoms with Gasteiger partial charge in [-0.1, -0.05) is 5.92 Å². The Bertz CT molecular complexity index is 160. The normalized spacial score (nSPS) is 9.57. The molecule has 0 spiro atoms. The average Bonchev–Trinajstić information content (AvgIpc) is 2.21. The lowest BCUT2D eigenvalue weighted by Crippen LogP contribution is -2.15. The number of unbranched alkanes of at least 4 members (excludes halogenated alkanes) is 1. The number of hydrogen-bond donors (Lipinski definition) is 1. The van der Waals surface area contributed by atoms with Gasteiger partial charge >= 0.3 is 0 Å². The molecule has 0 aromatic heterocycles. The highest BCUT2D eigenvalue weighted by atomic mass is 16.5. The van der Waals surface area contributed by atoms with Gasteiger partial charge in [-0.05, 0) is 26.3 Å². The van der Waals surface area contributed by atoms with Crippen LogP contribution >= 0.6 is 0 Å². The molecule has 0 rings (SSSR count). The molecular weight excluding hydrogens is 178 g/mol. The van der Waals surface area contributed by atoms with Gasteiger partial charge in [0.15, 0.2) is 0 Å². The van der Waals surface area contributed by atoms with Crippen molar-refractivity contribution in [2.45, 2.75) is 19.8 Å². The van der Waals surface area contributed by atoms with Crippen molar-refractivity contribution in [1.29, 1.82) is 0 Å². The maximum atomic E-state index is 5.32. The Morgan fingerprint density at radius 3 is 2.71 bits per heavy atom. The zero-order chi connectivity index (χ0) is 10.5. The van der Waals surface area contributed by atoms with E-state index in [1.165, 1.54) is 0 Å². The SMILES string of the molecule is CC#CCNCCCCOCCOC. The van der Waals surface area contributed by atoms with Crippen LogP contribution in [0, 0.1) is 11.8 Å². The van der Waals surface area contributed by atoms with Crippen molar-refractivity contribution in [3.05, 3.63) is 0 Å². The summed E-state index contributed by atoms with van der Waals surface area (Å²) >= 11 is 0. The molecule has 0 aliphatic carbocycles. The zero-order valence-corrected chi connectivity index (χ0v) is 9.27. The van der Waals surface area contributed by atoms with Crippen LogP contribution < -0.4 is 5.32 Å². The standard InChI is InChI=1S/C11H21NO2/c1-3-4-7-12-8-5-6-9-14-11-10-13-2/h12H,5-11H2,1-2H3. The van der Waals surface area contributed by atoms with Gasteiger partial charge in [0.1, 0.15) is 0 Å². The summed E-state index contributed by atoms with van der Waals surface area (Å²) in [6, 6.07) is 0. The van der Waals surface area contributed by atoms with Gasteiger partial charge in [0.25, 0.3) is 0 Å². The van der Waals surface area contributed by atoms with Crippen LogP contribution in [0.1, 0.15) is 19.8 Å². The van der Waals surface area contributed by atoms with Crippen molar-refractivity contribution >= 4 is 0 Å². The first-order chi connectivity index (χ1) is 6.91. The summed E-state index contributed by atoms with van der Waals surface area (Å²) in [6.07, 6.45) is 2.23. The van der Waals surface area contributed by atoms with Gasteiger partial charge in [-0.3, -0.25) is 0 Å². The van der Waals surface area contributed by atoms with Crippen LogP contribution in [0.4, 0.5) is 0 Å². The molecule has 82 valence electrons. The van der Waals surface area contributed by atoms with E-state index in [4.69, 9.17) is 9.47 Å². The number of nitrogens with one attached hydrogen (secondary N) is 1. The van der Waals surface area contributed by atoms with Crippen molar-refractivity contribution in [2.75, 3.05) is 40.0 Å². The molecule has 0 fully saturated rings. The molecule has 0 aliphatic rings. The fourth-order valence-electron chi connectivity index (χ4n) is 0.938. The third-order valence-corrected chi connectivity index (χ3v) is 1.71. The van der Waals surface area contributed by atoms with Gasteiger partial charge < -0.3 is 14.8 Å². The summed E-state index contributed by atoms with van der Waals surface area (Å²) in [7, 11) is 1.68. The van der Waals surface area contributed by atoms with Crippen LogP contribution in [0.15, 0.2) is 0 Å². The molecule has 0 amide bonds. The number of rotatable bonds is 9. The molecule has 0 saturated carbocycles. The fraction of sp³-hybridized carbons (Fsp3) is 0.818. The van der Waals surface area contributed by atoms with E-state index in [9.17, 15) is 0 Å². The van der Waals surface area contributed by atoms with Crippen molar-refractivity contribution < 1.29 is 9.47 Å². The van der Waals surface area contributed by atoms with Crippen LogP contribution in [0.25, 0.3) is 0 Å². The van der Waals surface area contributed by atoms with Crippen LogP contribution in [0.3, 0.4) is 0 Å². The van der Waals surface area contributed by atoms with E-state index in [1.807, 2.05) is 6.92 Å². The number of hydrogen-bond acceptors (Lipinski definition) is 3. The molecule has 1 N–H and O–H groups in total. The molecule has 0 aliphatic heterocycles. The Labute approximate surface area is 87.2 Å². The van der Waals surface area contributed by atoms with Crippen LogP contribution in [-0.2, 0) is 9.47 Å². The second-order valence-electron chi connectivity index (χ2n) is 2.92. The minimum atomic E-state index is 0.685. The summed E-state index contributed by atoms with van der Waals surface area (Å²) < 4.78 is 10.2. The lowest BCUT2D eigenvalue weighted by Gasteiger charge is -2.03. The van der Waals surface area contributed by atoms with Crippen LogP contribution in [-0.4, -0.2) is 40.0 Å². The van der Waals surface area contributed by atoms with Crippen molar-refractivity contribution in [1.82, 2.24) is 5.32 Å². The maximum Gasteiger partial charge on any atom is 0.0700 e. The van der Waals surface area contributed by atoms with E-state index in [-0.39, 0.29) is 0 Å². The smallest absolute Gasteiger partial charge is 0.0700 e. The monoisotopic (exact) mass is 199 g/mol. The Kier molecular flexibility index (Phi) is 11.9. The van der Waals surface area contributed by atoms with Crippen LogP contribution in [0.2, 0.25) is 0 Å². The highest BCUT2D eigenvalue weighted by molar-refractivity contribution is 4.96. The summed E-state index contributed by atoms with van der Waals surface area (Å²) in [5.41, 5.74) is 0. The van der Waals surface area contributed by atoms with Gasteiger partial charge in [0.05, 0.1) is 19.8 Å². The van der Waals surface area contributed by atoms with Gasteiger partial charge in [-0.25, -0.2) is 0 Å². The molecule has 0 saturated heterocycles. The Morgan fingerprint density at radius 2 is 2.00 bits per heavy atom. The van der Waals surface area contributed by atoms with Crippen LogP contribution in [0.5, 0.6) is 0 Å². The molecule has 0 radical (unpaired) electrons. The number of ether oxygens (including phenoxy) is 2. The van der Waals surface area contributed by atoms with Crippen molar-refractivity contribution in [3.63, 3.8) is 0 Å². The predicted octanol–water partition coefficient (Wildman–Crippen LogP) is 1.04. The van der Waals surface area contributed by atoms with Gasteiger partial charge in [-0.15, -0.1) is 5.92 Å². The summed E-state index contributed by atoms with van der Waals surface area (Å²) in [5, 5.41) is 3.23. The van der Waals surface area contributed by atoms with E-state index in [0.717, 1.165) is 32.5 Å². The molecule has 14 heavy (non-hydrogen) atoms. The molecule has 3 nitrogen and oxygen atoms in total. The first-order valence-electron chi connectivity index (χ1n) is 5.08. The predicted molar refractivity (Wildman–Crippen MR) is 58.2 cm³/mol. The lowest BCUT2D eigenvalue weighted by atomic mass is 10.3. The summed E-state index contributed by atoms with van der Waals surface area (Å²) in [4.78, 5) is 0. The number of methoxy groups -OCH3 is 1. The summed E-state index contributed by atoms with van der Waals surface area (Å²) in [6.45, 7) is 5.87. The van der Waals surface area contributed by atoms with E-state index in [2.05, 4.69) is 17.2 Å². The minimum Gasteiger partial charge on any atom is -0.382 e. The molecular formula is C11H21NO2. The highest BCUT2D eigenvalue weighted by Gasteiger charge is 1.89. The van der Waals surface area contributed by atoms with E-state index in [0.29, 0.717) is 13.2 Å². The quantitative estimate of drug-likeness (QED) is 0.444. The second kappa shape index (κ2) is 12.4. The lowest BCUT2D eigenvalue weighted by molar-refractivity contribution is 0.0688. The summed E-state index contributed by atoms with van der Waals surface area (Å²) in [5.74, 6) is 5.80. The fourth-order valence-corrected chi connectivity index (χ4v) is 0.938. The molecule has 0 heterocycles. The zero-order valence-electron chi connectivity index (χ0n) is 9.27. The van der Waals surface area contributed by atoms with E-state index in [1.54, 1.807) is 7.11 Å². The van der Waals surface area contributed by atoms with E-state index < -0.39 is 0 Å². The molecule has 3 heteroatoms. The van der Waals surface area contributed by atoms with Gasteiger partial charge in [-0.2, -0.15) is 0 Å².